The fraction of sp³-hybridized carbons (Fsp3) is 0.300. The third kappa shape index (κ3) is 3.04. The Hall–Kier alpha value is -1.40. The van der Waals surface area contributed by atoms with Crippen LogP contribution in [0.3, 0.4) is 0 Å². The molecule has 0 radical (unpaired) electrons. The smallest absolute Gasteiger partial charge is 0.223 e. The van der Waals surface area contributed by atoms with Gasteiger partial charge in [-0.05, 0) is 6.92 Å². The predicted molar refractivity (Wildman–Crippen MR) is 70.4 cm³/mol. The Kier molecular flexibility index (Phi) is 3.44. The lowest BCUT2D eigenvalue weighted by atomic mass is 10.4. The number of hydrogen-bond donors (Lipinski definition) is 1. The average Bonchev–Trinajstić information content (AvgIpc) is 2.62. The molecule has 0 aliphatic carbocycles. The van der Waals surface area contributed by atoms with E-state index in [0.29, 0.717) is 11.0 Å². The van der Waals surface area contributed by atoms with E-state index in [0.717, 1.165) is 11.6 Å². The minimum atomic E-state index is 0.180. The molecular formula is C10H12ClN5S. The molecule has 0 aliphatic rings. The molecule has 5 nitrogen and oxygen atoms in total. The lowest BCUT2D eigenvalue weighted by Crippen LogP contribution is -2.17. The monoisotopic (exact) mass is 269 g/mol. The average molecular weight is 270 g/mol. The Morgan fingerprint density at radius 1 is 1.47 bits per heavy atom. The zero-order valence-electron chi connectivity index (χ0n) is 9.51. The summed E-state index contributed by atoms with van der Waals surface area (Å²) < 4.78 is 0. The summed E-state index contributed by atoms with van der Waals surface area (Å²) in [6.07, 6.45) is 1.86. The van der Waals surface area contributed by atoms with Crippen molar-refractivity contribution in [1.29, 1.82) is 0 Å². The molecule has 0 saturated heterocycles. The number of halogens is 1. The van der Waals surface area contributed by atoms with Gasteiger partial charge in [-0.25, -0.2) is 9.97 Å². The SMILES string of the molecule is Cc1ncc(CN(C)c2cc(Cl)nc(N)n2)s1. The Balaban J connectivity index is 2.16. The molecule has 0 spiro atoms. The number of nitrogens with two attached hydrogens (primary N) is 1. The van der Waals surface area contributed by atoms with Crippen LogP contribution in [0.15, 0.2) is 12.3 Å². The molecule has 2 aromatic rings. The van der Waals surface area contributed by atoms with Crippen molar-refractivity contribution >= 4 is 34.7 Å². The van der Waals surface area contributed by atoms with Crippen molar-refractivity contribution in [3.8, 4) is 0 Å². The van der Waals surface area contributed by atoms with Gasteiger partial charge in [0.05, 0.1) is 11.6 Å². The van der Waals surface area contributed by atoms with Gasteiger partial charge in [0.2, 0.25) is 5.95 Å². The van der Waals surface area contributed by atoms with E-state index >= 15 is 0 Å². The fourth-order valence-electron chi connectivity index (χ4n) is 1.41. The van der Waals surface area contributed by atoms with E-state index in [-0.39, 0.29) is 5.95 Å². The van der Waals surface area contributed by atoms with Crippen LogP contribution in [0.25, 0.3) is 0 Å². The summed E-state index contributed by atoms with van der Waals surface area (Å²) in [6.45, 7) is 2.70. The molecule has 0 saturated carbocycles. The van der Waals surface area contributed by atoms with E-state index in [1.54, 1.807) is 17.4 Å². The number of anilines is 2. The summed E-state index contributed by atoms with van der Waals surface area (Å²) in [7, 11) is 1.92. The number of rotatable bonds is 3. The molecule has 0 unspecified atom stereocenters. The van der Waals surface area contributed by atoms with Gasteiger partial charge in [-0.2, -0.15) is 4.98 Å². The summed E-state index contributed by atoms with van der Waals surface area (Å²) in [6, 6.07) is 1.69. The van der Waals surface area contributed by atoms with E-state index in [1.165, 1.54) is 4.88 Å². The second kappa shape index (κ2) is 4.85. The van der Waals surface area contributed by atoms with Crippen LogP contribution >= 0.6 is 22.9 Å². The Morgan fingerprint density at radius 3 is 2.82 bits per heavy atom. The maximum Gasteiger partial charge on any atom is 0.223 e. The largest absolute Gasteiger partial charge is 0.368 e. The van der Waals surface area contributed by atoms with Crippen LogP contribution in [0, 0.1) is 6.92 Å². The lowest BCUT2D eigenvalue weighted by Gasteiger charge is -2.17. The lowest BCUT2D eigenvalue weighted by molar-refractivity contribution is 0.905. The van der Waals surface area contributed by atoms with Crippen molar-refractivity contribution in [3.63, 3.8) is 0 Å². The molecule has 17 heavy (non-hydrogen) atoms. The number of aryl methyl sites for hydroxylation is 1. The summed E-state index contributed by atoms with van der Waals surface area (Å²) in [5.41, 5.74) is 5.55. The van der Waals surface area contributed by atoms with Gasteiger partial charge in [-0.15, -0.1) is 11.3 Å². The molecule has 0 aromatic carbocycles. The second-order valence-corrected chi connectivity index (χ2v) is 5.32. The van der Waals surface area contributed by atoms with E-state index in [4.69, 9.17) is 17.3 Å². The Bertz CT molecular complexity index is 507. The molecule has 2 rings (SSSR count). The minimum Gasteiger partial charge on any atom is -0.368 e. The number of nitrogen functional groups attached to an aromatic ring is 1. The molecule has 90 valence electrons. The standard InChI is InChI=1S/C10H12ClN5S/c1-6-13-4-7(17-6)5-16(2)9-3-8(11)14-10(12)15-9/h3-4H,5H2,1-2H3,(H2,12,14,15). The Morgan fingerprint density at radius 2 is 2.24 bits per heavy atom. The number of aromatic nitrogens is 3. The normalized spacial score (nSPS) is 10.5. The van der Waals surface area contributed by atoms with Gasteiger partial charge in [0.15, 0.2) is 0 Å². The molecule has 0 bridgehead atoms. The third-order valence-electron chi connectivity index (χ3n) is 2.15. The van der Waals surface area contributed by atoms with Gasteiger partial charge in [0.1, 0.15) is 11.0 Å². The molecule has 0 amide bonds. The van der Waals surface area contributed by atoms with Crippen LogP contribution in [0.1, 0.15) is 9.88 Å². The molecule has 2 heterocycles. The summed E-state index contributed by atoms with van der Waals surface area (Å²) >= 11 is 7.49. The van der Waals surface area contributed by atoms with Crippen molar-refractivity contribution in [3.05, 3.63) is 27.3 Å². The maximum atomic E-state index is 5.83. The molecule has 2 aromatic heterocycles. The van der Waals surface area contributed by atoms with E-state index in [1.807, 2.05) is 25.1 Å². The molecular weight excluding hydrogens is 258 g/mol. The summed E-state index contributed by atoms with van der Waals surface area (Å²) in [5, 5.41) is 1.40. The van der Waals surface area contributed by atoms with Gasteiger partial charge in [0, 0.05) is 24.2 Å². The number of hydrogen-bond acceptors (Lipinski definition) is 6. The zero-order chi connectivity index (χ0) is 12.4. The van der Waals surface area contributed by atoms with Gasteiger partial charge in [-0.3, -0.25) is 0 Å². The highest BCUT2D eigenvalue weighted by atomic mass is 35.5. The number of nitrogens with zero attached hydrogens (tertiary/aromatic N) is 4. The quantitative estimate of drug-likeness (QED) is 0.865. The predicted octanol–water partition coefficient (Wildman–Crippen LogP) is 2.11. The van der Waals surface area contributed by atoms with Crippen molar-refractivity contribution in [1.82, 2.24) is 15.0 Å². The summed E-state index contributed by atoms with van der Waals surface area (Å²) in [5.74, 6) is 0.883. The van der Waals surface area contributed by atoms with Crippen LogP contribution in [0.2, 0.25) is 5.15 Å². The van der Waals surface area contributed by atoms with Gasteiger partial charge in [0.25, 0.3) is 0 Å². The van der Waals surface area contributed by atoms with Crippen molar-refractivity contribution in [2.45, 2.75) is 13.5 Å². The van der Waals surface area contributed by atoms with Gasteiger partial charge < -0.3 is 10.6 Å². The molecule has 7 heteroatoms. The van der Waals surface area contributed by atoms with Crippen LogP contribution in [0.5, 0.6) is 0 Å². The highest BCUT2D eigenvalue weighted by Gasteiger charge is 2.08. The first-order valence-corrected chi connectivity index (χ1v) is 6.16. The van der Waals surface area contributed by atoms with Crippen LogP contribution in [-0.2, 0) is 6.54 Å². The molecule has 0 fully saturated rings. The first-order valence-electron chi connectivity index (χ1n) is 4.97. The Labute approximate surface area is 108 Å². The first kappa shape index (κ1) is 12.1. The summed E-state index contributed by atoms with van der Waals surface area (Å²) in [4.78, 5) is 15.3. The third-order valence-corrected chi connectivity index (χ3v) is 3.24. The van der Waals surface area contributed by atoms with Crippen LogP contribution in [-0.4, -0.2) is 22.0 Å². The highest BCUT2D eigenvalue weighted by Crippen LogP contribution is 2.20. The van der Waals surface area contributed by atoms with Crippen LogP contribution < -0.4 is 10.6 Å². The molecule has 2 N–H and O–H groups in total. The van der Waals surface area contributed by atoms with Gasteiger partial charge >= 0.3 is 0 Å². The topological polar surface area (TPSA) is 67.9 Å². The molecule has 0 atom stereocenters. The van der Waals surface area contributed by atoms with E-state index in [9.17, 15) is 0 Å². The second-order valence-electron chi connectivity index (χ2n) is 3.61. The van der Waals surface area contributed by atoms with Crippen molar-refractivity contribution in [2.75, 3.05) is 17.7 Å². The highest BCUT2D eigenvalue weighted by molar-refractivity contribution is 7.11. The van der Waals surface area contributed by atoms with Crippen molar-refractivity contribution < 1.29 is 0 Å². The molecule has 0 aliphatic heterocycles. The fourth-order valence-corrected chi connectivity index (χ4v) is 2.44. The number of thiazole rings is 1. The van der Waals surface area contributed by atoms with Crippen LogP contribution in [0.4, 0.5) is 11.8 Å². The maximum absolute atomic E-state index is 5.83. The first-order chi connectivity index (χ1) is 8.04. The van der Waals surface area contributed by atoms with E-state index in [2.05, 4.69) is 15.0 Å². The minimum absolute atomic E-state index is 0.180. The van der Waals surface area contributed by atoms with E-state index < -0.39 is 0 Å². The zero-order valence-corrected chi connectivity index (χ0v) is 11.1. The van der Waals surface area contributed by atoms with Crippen molar-refractivity contribution in [2.24, 2.45) is 0 Å². The van der Waals surface area contributed by atoms with Gasteiger partial charge in [-0.1, -0.05) is 11.6 Å².